The number of benzene rings is 2. The zero-order valence-electron chi connectivity index (χ0n) is 17.9. The second kappa shape index (κ2) is 9.18. The van der Waals surface area contributed by atoms with Crippen molar-refractivity contribution in [2.24, 2.45) is 0 Å². The number of ether oxygens (including phenoxy) is 2. The normalized spacial score (nSPS) is 16.1. The Labute approximate surface area is 191 Å². The lowest BCUT2D eigenvalue weighted by Gasteiger charge is -2.15. The van der Waals surface area contributed by atoms with Gasteiger partial charge in [-0.05, 0) is 36.7 Å². The number of H-pyrrole nitrogens is 1. The molecule has 0 spiro atoms. The van der Waals surface area contributed by atoms with Crippen molar-refractivity contribution in [1.29, 1.82) is 0 Å². The molecule has 1 amide bonds. The van der Waals surface area contributed by atoms with Gasteiger partial charge in [0.05, 0.1) is 18.7 Å². The summed E-state index contributed by atoms with van der Waals surface area (Å²) in [7, 11) is 1.60. The second-order valence-electron chi connectivity index (χ2n) is 7.66. The first-order valence-electron chi connectivity index (χ1n) is 10.3. The summed E-state index contributed by atoms with van der Waals surface area (Å²) in [6.07, 6.45) is -5.93. The van der Waals surface area contributed by atoms with E-state index in [1.807, 2.05) is 0 Å². The van der Waals surface area contributed by atoms with Crippen LogP contribution in [0, 0.1) is 0 Å². The number of carbonyl (C=O) groups excluding carboxylic acids is 2. The first-order valence-corrected chi connectivity index (χ1v) is 10.3. The number of cyclic esters (lactones) is 1. The van der Waals surface area contributed by atoms with Crippen molar-refractivity contribution in [1.82, 2.24) is 10.3 Å². The highest BCUT2D eigenvalue weighted by Crippen LogP contribution is 2.36. The molecule has 11 heteroatoms. The number of hydrogen-bond acceptors (Lipinski definition) is 6. The fourth-order valence-corrected chi connectivity index (χ4v) is 3.73. The average molecular weight is 475 g/mol. The lowest BCUT2D eigenvalue weighted by molar-refractivity contribution is -0.144. The number of aromatic nitrogens is 1. The largest absolute Gasteiger partial charge is 0.461 e. The molecule has 178 valence electrons. The minimum Gasteiger partial charge on any atom is -0.461 e. The van der Waals surface area contributed by atoms with Gasteiger partial charge in [0.25, 0.3) is 5.56 Å². The van der Waals surface area contributed by atoms with Gasteiger partial charge in [0.1, 0.15) is 6.61 Å². The van der Waals surface area contributed by atoms with Gasteiger partial charge in [-0.3, -0.25) is 14.5 Å². The van der Waals surface area contributed by atoms with Crippen molar-refractivity contribution in [3.05, 3.63) is 64.4 Å². The molecular weight excluding hydrogens is 455 g/mol. The fourth-order valence-electron chi connectivity index (χ4n) is 3.73. The van der Waals surface area contributed by atoms with Crippen LogP contribution in [0.1, 0.15) is 5.56 Å². The molecule has 1 fully saturated rings. The Bertz CT molecular complexity index is 1300. The number of rotatable bonds is 6. The smallest absolute Gasteiger partial charge is 0.417 e. The number of hydrogen-bond donors (Lipinski definition) is 2. The number of anilines is 1. The number of likely N-dealkylation sites (N-methyl/N-ethyl adjacent to an activating group) is 1. The molecule has 1 aliphatic heterocycles. The molecule has 1 saturated heterocycles. The van der Waals surface area contributed by atoms with Gasteiger partial charge in [0.2, 0.25) is 0 Å². The number of aromatic amines is 1. The van der Waals surface area contributed by atoms with Crippen molar-refractivity contribution in [2.45, 2.75) is 12.3 Å². The van der Waals surface area contributed by atoms with E-state index in [2.05, 4.69) is 10.3 Å². The Kier molecular flexibility index (Phi) is 6.29. The number of alkyl halides is 3. The minimum absolute atomic E-state index is 0.0211. The molecule has 34 heavy (non-hydrogen) atoms. The predicted molar refractivity (Wildman–Crippen MR) is 118 cm³/mol. The van der Waals surface area contributed by atoms with Crippen LogP contribution in [-0.2, 0) is 20.4 Å². The number of nitrogens with zero attached hydrogens (tertiary/aromatic N) is 1. The van der Waals surface area contributed by atoms with E-state index in [1.54, 1.807) is 19.2 Å². The fraction of sp³-hybridized carbons (Fsp3) is 0.261. The summed E-state index contributed by atoms with van der Waals surface area (Å²) in [6, 6.07) is 11.0. The van der Waals surface area contributed by atoms with Crippen molar-refractivity contribution < 1.29 is 32.2 Å². The third-order valence-corrected chi connectivity index (χ3v) is 5.29. The highest BCUT2D eigenvalue weighted by Gasteiger charge is 2.34. The van der Waals surface area contributed by atoms with E-state index in [-0.39, 0.29) is 36.3 Å². The van der Waals surface area contributed by atoms with E-state index in [1.165, 1.54) is 35.2 Å². The van der Waals surface area contributed by atoms with Gasteiger partial charge in [0.15, 0.2) is 6.10 Å². The van der Waals surface area contributed by atoms with Gasteiger partial charge in [-0.1, -0.05) is 24.3 Å². The summed E-state index contributed by atoms with van der Waals surface area (Å²) in [4.78, 5) is 40.3. The van der Waals surface area contributed by atoms with E-state index >= 15 is 0 Å². The topological polar surface area (TPSA) is 101 Å². The third-order valence-electron chi connectivity index (χ3n) is 5.29. The van der Waals surface area contributed by atoms with Crippen LogP contribution in [-0.4, -0.2) is 49.9 Å². The van der Waals surface area contributed by atoms with E-state index in [0.29, 0.717) is 11.1 Å². The van der Waals surface area contributed by atoms with E-state index in [0.717, 1.165) is 6.07 Å². The molecule has 0 unspecified atom stereocenters. The first-order chi connectivity index (χ1) is 16.2. The first kappa shape index (κ1) is 23.3. The summed E-state index contributed by atoms with van der Waals surface area (Å²) in [5.41, 5.74) is -1.20. The van der Waals surface area contributed by atoms with Gasteiger partial charge in [-0.2, -0.15) is 13.2 Å². The van der Waals surface area contributed by atoms with Gasteiger partial charge in [0, 0.05) is 22.3 Å². The van der Waals surface area contributed by atoms with Gasteiger partial charge >= 0.3 is 18.2 Å². The number of amides is 1. The molecule has 0 saturated carbocycles. The molecule has 2 heterocycles. The van der Waals surface area contributed by atoms with E-state index < -0.39 is 35.5 Å². The third kappa shape index (κ3) is 4.74. The van der Waals surface area contributed by atoms with Crippen LogP contribution in [0.4, 0.5) is 23.7 Å². The molecule has 1 atom stereocenters. The number of esters is 1. The monoisotopic (exact) mass is 475 g/mol. The average Bonchev–Trinajstić information content (AvgIpc) is 3.17. The minimum atomic E-state index is -4.58. The molecule has 3 aromatic rings. The Balaban J connectivity index is 1.61. The SMILES string of the molecule is CNCC(=O)OC[C@H]1CN(c2ccc3cc(-c4ccccc4C(F)(F)F)[nH]c(=O)c3c2)C(=O)O1. The van der Waals surface area contributed by atoms with Crippen LogP contribution < -0.4 is 15.8 Å². The Hall–Kier alpha value is -3.86. The Morgan fingerprint density at radius 3 is 2.71 bits per heavy atom. The molecular formula is C23H20F3N3O5. The van der Waals surface area contributed by atoms with Crippen molar-refractivity contribution in [3.8, 4) is 11.3 Å². The van der Waals surface area contributed by atoms with Gasteiger partial charge in [-0.15, -0.1) is 0 Å². The molecule has 0 bridgehead atoms. The number of carbonyl (C=O) groups is 2. The van der Waals surface area contributed by atoms with Gasteiger partial charge in [-0.25, -0.2) is 4.79 Å². The highest BCUT2D eigenvalue weighted by atomic mass is 19.4. The summed E-state index contributed by atoms with van der Waals surface area (Å²) in [5, 5.41) is 3.26. The zero-order chi connectivity index (χ0) is 24.5. The lowest BCUT2D eigenvalue weighted by atomic mass is 10.0. The van der Waals surface area contributed by atoms with Crippen LogP contribution in [0.25, 0.3) is 22.0 Å². The quantitative estimate of drug-likeness (QED) is 0.531. The zero-order valence-corrected chi connectivity index (χ0v) is 17.9. The molecule has 4 rings (SSSR count). The molecule has 0 radical (unpaired) electrons. The molecule has 2 aromatic carbocycles. The van der Waals surface area contributed by atoms with Crippen LogP contribution in [0.5, 0.6) is 0 Å². The summed E-state index contributed by atoms with van der Waals surface area (Å²) in [6.45, 7) is 0.0122. The van der Waals surface area contributed by atoms with Crippen molar-refractivity contribution in [3.63, 3.8) is 0 Å². The van der Waals surface area contributed by atoms with Crippen LogP contribution in [0.3, 0.4) is 0 Å². The molecule has 0 aliphatic carbocycles. The molecule has 1 aliphatic rings. The van der Waals surface area contributed by atoms with Gasteiger partial charge < -0.3 is 19.8 Å². The van der Waals surface area contributed by atoms with E-state index in [4.69, 9.17) is 9.47 Å². The van der Waals surface area contributed by atoms with E-state index in [9.17, 15) is 27.6 Å². The van der Waals surface area contributed by atoms with Crippen LogP contribution >= 0.6 is 0 Å². The number of nitrogens with one attached hydrogen (secondary N) is 2. The predicted octanol–water partition coefficient (Wildman–Crippen LogP) is 3.30. The summed E-state index contributed by atoms with van der Waals surface area (Å²) in [5.74, 6) is -0.489. The molecule has 2 N–H and O–H groups in total. The molecule has 1 aromatic heterocycles. The van der Waals surface area contributed by atoms with Crippen LogP contribution in [0.15, 0.2) is 53.3 Å². The number of fused-ring (bicyclic) bond motifs is 1. The van der Waals surface area contributed by atoms with Crippen molar-refractivity contribution in [2.75, 3.05) is 31.6 Å². The maximum atomic E-state index is 13.4. The summed E-state index contributed by atoms with van der Waals surface area (Å²) >= 11 is 0. The maximum absolute atomic E-state index is 13.4. The second-order valence-corrected chi connectivity index (χ2v) is 7.66. The Morgan fingerprint density at radius 2 is 1.97 bits per heavy atom. The highest BCUT2D eigenvalue weighted by molar-refractivity contribution is 5.94. The standard InChI is InChI=1S/C23H20F3N3O5/c1-27-10-20(30)33-12-15-11-29(22(32)34-15)14-7-6-13-8-19(28-21(31)17(13)9-14)16-4-2-3-5-18(16)23(24,25)26/h2-9,15,27H,10-12H2,1H3,(H,28,31)/t15-/m1/s1. The summed E-state index contributed by atoms with van der Waals surface area (Å²) < 4.78 is 50.5. The van der Waals surface area contributed by atoms with Crippen molar-refractivity contribution >= 4 is 28.5 Å². The number of halogens is 3. The maximum Gasteiger partial charge on any atom is 0.417 e. The number of pyridine rings is 1. The Morgan fingerprint density at radius 1 is 1.21 bits per heavy atom. The van der Waals surface area contributed by atoms with Crippen LogP contribution in [0.2, 0.25) is 0 Å². The lowest BCUT2D eigenvalue weighted by Crippen LogP contribution is -2.28. The molecule has 8 nitrogen and oxygen atoms in total.